The van der Waals surface area contributed by atoms with Gasteiger partial charge in [-0.25, -0.2) is 0 Å². The lowest BCUT2D eigenvalue weighted by atomic mass is 10.2. The molecule has 1 atom stereocenters. The van der Waals surface area contributed by atoms with Gasteiger partial charge in [0.1, 0.15) is 0 Å². The first-order valence-corrected chi connectivity index (χ1v) is 5.08. The highest BCUT2D eigenvalue weighted by atomic mass is 15.3. The first kappa shape index (κ1) is 10.9. The van der Waals surface area contributed by atoms with Crippen molar-refractivity contribution in [3.05, 3.63) is 6.20 Å². The van der Waals surface area contributed by atoms with Gasteiger partial charge in [0.05, 0.1) is 5.69 Å². The molecule has 0 aliphatic rings. The summed E-state index contributed by atoms with van der Waals surface area (Å²) >= 11 is 0. The van der Waals surface area contributed by atoms with Crippen LogP contribution in [0.5, 0.6) is 0 Å². The Bertz CT molecular complexity index is 292. The van der Waals surface area contributed by atoms with Crippen LogP contribution in [-0.2, 0) is 7.05 Å². The van der Waals surface area contributed by atoms with Crippen molar-refractivity contribution in [2.75, 3.05) is 17.7 Å². The molecule has 0 saturated carbocycles. The highest BCUT2D eigenvalue weighted by molar-refractivity contribution is 5.61. The molecule has 0 aliphatic heterocycles. The van der Waals surface area contributed by atoms with Gasteiger partial charge >= 0.3 is 0 Å². The molecule has 1 unspecified atom stereocenters. The normalized spacial score (nSPS) is 12.9. The van der Waals surface area contributed by atoms with Crippen molar-refractivity contribution in [3.8, 4) is 0 Å². The van der Waals surface area contributed by atoms with Gasteiger partial charge in [0, 0.05) is 26.3 Å². The third-order valence-corrected chi connectivity index (χ3v) is 2.54. The Labute approximate surface area is 85.7 Å². The monoisotopic (exact) mass is 196 g/mol. The first-order chi connectivity index (χ1) is 6.56. The van der Waals surface area contributed by atoms with Gasteiger partial charge in [0.25, 0.3) is 0 Å². The molecule has 4 nitrogen and oxygen atoms in total. The molecular formula is C10H20N4. The van der Waals surface area contributed by atoms with Crippen molar-refractivity contribution in [1.29, 1.82) is 0 Å². The summed E-state index contributed by atoms with van der Waals surface area (Å²) < 4.78 is 1.75. The van der Waals surface area contributed by atoms with E-state index >= 15 is 0 Å². The molecule has 0 spiro atoms. The molecule has 0 fully saturated rings. The number of anilines is 2. The van der Waals surface area contributed by atoms with Crippen molar-refractivity contribution in [1.82, 2.24) is 9.78 Å². The molecule has 0 aliphatic carbocycles. The number of nitrogens with two attached hydrogens (primary N) is 1. The number of aromatic nitrogens is 2. The summed E-state index contributed by atoms with van der Waals surface area (Å²) in [5.74, 6) is 0.883. The first-order valence-electron chi connectivity index (χ1n) is 5.08. The minimum absolute atomic E-state index is 0.484. The summed E-state index contributed by atoms with van der Waals surface area (Å²) in [6.07, 6.45) is 4.18. The number of hydrogen-bond acceptors (Lipinski definition) is 3. The maximum atomic E-state index is 5.85. The Hall–Kier alpha value is -1.19. The summed E-state index contributed by atoms with van der Waals surface area (Å²) in [6, 6.07) is 0.484. The predicted molar refractivity (Wildman–Crippen MR) is 60.4 cm³/mol. The van der Waals surface area contributed by atoms with E-state index in [4.69, 9.17) is 5.73 Å². The molecule has 0 radical (unpaired) electrons. The summed E-state index contributed by atoms with van der Waals surface area (Å²) in [5.41, 5.74) is 6.60. The van der Waals surface area contributed by atoms with Gasteiger partial charge in [-0.2, -0.15) is 5.10 Å². The molecule has 4 heteroatoms. The van der Waals surface area contributed by atoms with Crippen LogP contribution in [0, 0.1) is 0 Å². The fraction of sp³-hybridized carbons (Fsp3) is 0.700. The zero-order valence-corrected chi connectivity index (χ0v) is 9.49. The maximum absolute atomic E-state index is 5.85. The van der Waals surface area contributed by atoms with Crippen molar-refractivity contribution in [2.24, 2.45) is 7.05 Å². The van der Waals surface area contributed by atoms with Gasteiger partial charge in [0.15, 0.2) is 5.82 Å². The average Bonchev–Trinajstić information content (AvgIpc) is 2.44. The predicted octanol–water partition coefficient (Wildman–Crippen LogP) is 1.63. The van der Waals surface area contributed by atoms with Crippen LogP contribution in [0.3, 0.4) is 0 Å². The second-order valence-electron chi connectivity index (χ2n) is 3.83. The van der Waals surface area contributed by atoms with Crippen LogP contribution >= 0.6 is 0 Å². The van der Waals surface area contributed by atoms with Crippen LogP contribution in [0.25, 0.3) is 0 Å². The number of nitrogen functional groups attached to an aromatic ring is 1. The second-order valence-corrected chi connectivity index (χ2v) is 3.83. The molecule has 1 aromatic heterocycles. The molecule has 0 amide bonds. The largest absolute Gasteiger partial charge is 0.394 e. The minimum atomic E-state index is 0.484. The minimum Gasteiger partial charge on any atom is -0.394 e. The fourth-order valence-corrected chi connectivity index (χ4v) is 1.59. The highest BCUT2D eigenvalue weighted by Crippen LogP contribution is 2.21. The van der Waals surface area contributed by atoms with Crippen LogP contribution in [0.15, 0.2) is 6.20 Å². The quantitative estimate of drug-likeness (QED) is 0.796. The molecule has 1 heterocycles. The van der Waals surface area contributed by atoms with Crippen LogP contribution in [0.1, 0.15) is 26.7 Å². The van der Waals surface area contributed by atoms with E-state index in [2.05, 4.69) is 23.8 Å². The standard InChI is InChI=1S/C10H20N4/c1-5-6-8(2)14(4)10-9(11)7-13(3)12-10/h7-8H,5-6,11H2,1-4H3. The maximum Gasteiger partial charge on any atom is 0.173 e. The zero-order chi connectivity index (χ0) is 10.7. The van der Waals surface area contributed by atoms with E-state index in [-0.39, 0.29) is 0 Å². The number of nitrogens with zero attached hydrogens (tertiary/aromatic N) is 3. The van der Waals surface area contributed by atoms with Crippen molar-refractivity contribution in [2.45, 2.75) is 32.7 Å². The Kier molecular flexibility index (Phi) is 3.38. The summed E-state index contributed by atoms with van der Waals surface area (Å²) in [6.45, 7) is 4.38. The van der Waals surface area contributed by atoms with Gasteiger partial charge in [-0.3, -0.25) is 4.68 Å². The summed E-state index contributed by atoms with van der Waals surface area (Å²) in [5, 5.41) is 4.33. The van der Waals surface area contributed by atoms with Crippen molar-refractivity contribution in [3.63, 3.8) is 0 Å². The number of rotatable bonds is 4. The van der Waals surface area contributed by atoms with E-state index in [1.165, 1.54) is 6.42 Å². The van der Waals surface area contributed by atoms with E-state index in [0.717, 1.165) is 17.9 Å². The Morgan fingerprint density at radius 1 is 1.64 bits per heavy atom. The van der Waals surface area contributed by atoms with Gasteiger partial charge in [-0.05, 0) is 13.3 Å². The van der Waals surface area contributed by atoms with Gasteiger partial charge in [-0.1, -0.05) is 13.3 Å². The second kappa shape index (κ2) is 4.35. The van der Waals surface area contributed by atoms with E-state index in [1.54, 1.807) is 4.68 Å². The lowest BCUT2D eigenvalue weighted by molar-refractivity contribution is 0.606. The van der Waals surface area contributed by atoms with E-state index in [9.17, 15) is 0 Å². The molecule has 1 aromatic rings. The van der Waals surface area contributed by atoms with Crippen LogP contribution < -0.4 is 10.6 Å². The van der Waals surface area contributed by atoms with Crippen LogP contribution in [0.2, 0.25) is 0 Å². The molecule has 0 saturated heterocycles. The molecule has 0 bridgehead atoms. The Morgan fingerprint density at radius 2 is 2.29 bits per heavy atom. The van der Waals surface area contributed by atoms with E-state index in [0.29, 0.717) is 6.04 Å². The number of hydrogen-bond donors (Lipinski definition) is 1. The topological polar surface area (TPSA) is 47.1 Å². The Morgan fingerprint density at radius 3 is 2.71 bits per heavy atom. The van der Waals surface area contributed by atoms with Crippen LogP contribution in [-0.4, -0.2) is 22.9 Å². The third kappa shape index (κ3) is 2.19. The highest BCUT2D eigenvalue weighted by Gasteiger charge is 2.14. The molecule has 0 aromatic carbocycles. The van der Waals surface area contributed by atoms with Crippen molar-refractivity contribution < 1.29 is 0 Å². The van der Waals surface area contributed by atoms with Gasteiger partial charge in [-0.15, -0.1) is 0 Å². The molecule has 80 valence electrons. The van der Waals surface area contributed by atoms with Gasteiger partial charge in [0.2, 0.25) is 0 Å². The Balaban J connectivity index is 2.77. The SMILES string of the molecule is CCCC(C)N(C)c1nn(C)cc1N. The molecule has 2 N–H and O–H groups in total. The molecular weight excluding hydrogens is 176 g/mol. The van der Waals surface area contributed by atoms with E-state index in [1.807, 2.05) is 20.3 Å². The van der Waals surface area contributed by atoms with Gasteiger partial charge < -0.3 is 10.6 Å². The smallest absolute Gasteiger partial charge is 0.173 e. The molecule has 14 heavy (non-hydrogen) atoms. The summed E-state index contributed by atoms with van der Waals surface area (Å²) in [7, 11) is 3.93. The third-order valence-electron chi connectivity index (χ3n) is 2.54. The lowest BCUT2D eigenvalue weighted by Gasteiger charge is -2.24. The van der Waals surface area contributed by atoms with Crippen molar-refractivity contribution >= 4 is 11.5 Å². The lowest BCUT2D eigenvalue weighted by Crippen LogP contribution is -2.29. The van der Waals surface area contributed by atoms with Crippen LogP contribution in [0.4, 0.5) is 11.5 Å². The van der Waals surface area contributed by atoms with E-state index < -0.39 is 0 Å². The summed E-state index contributed by atoms with van der Waals surface area (Å²) in [4.78, 5) is 2.14. The average molecular weight is 196 g/mol. The zero-order valence-electron chi connectivity index (χ0n) is 9.49. The number of aryl methyl sites for hydroxylation is 1. The molecule has 1 rings (SSSR count). The fourth-order valence-electron chi connectivity index (χ4n) is 1.59.